The Balaban J connectivity index is 1.64. The lowest BCUT2D eigenvalue weighted by molar-refractivity contribution is 0.102. The molecule has 0 aliphatic carbocycles. The standard InChI is InChI=1S/C20H17N3O2S/c1-3-13-4-7-15(8-5-13)22-20(24)14-6-9-18-16(10-14)19(23-25-18)17-11-26-12(2)21-17/h4-11H,3H2,1-2H3,(H,22,24). The molecule has 2 aromatic heterocycles. The zero-order chi connectivity index (χ0) is 18.1. The fraction of sp³-hybridized carbons (Fsp3) is 0.150. The molecular formula is C20H17N3O2S. The highest BCUT2D eigenvalue weighted by Crippen LogP contribution is 2.29. The van der Waals surface area contributed by atoms with Crippen LogP contribution in [0.1, 0.15) is 27.9 Å². The van der Waals surface area contributed by atoms with Crippen LogP contribution in [0.3, 0.4) is 0 Å². The number of benzene rings is 2. The normalized spacial score (nSPS) is 11.0. The van der Waals surface area contributed by atoms with Crippen molar-refractivity contribution in [3.05, 3.63) is 64.0 Å². The molecule has 0 spiro atoms. The van der Waals surface area contributed by atoms with E-state index in [1.165, 1.54) is 5.56 Å². The van der Waals surface area contributed by atoms with E-state index in [2.05, 4.69) is 22.4 Å². The minimum atomic E-state index is -0.169. The van der Waals surface area contributed by atoms with E-state index in [9.17, 15) is 4.79 Å². The van der Waals surface area contributed by atoms with Gasteiger partial charge in [0.1, 0.15) is 11.4 Å². The molecule has 0 saturated carbocycles. The lowest BCUT2D eigenvalue weighted by Crippen LogP contribution is -2.11. The van der Waals surface area contributed by atoms with Gasteiger partial charge in [0, 0.05) is 16.6 Å². The first-order valence-electron chi connectivity index (χ1n) is 8.36. The third-order valence-electron chi connectivity index (χ3n) is 4.21. The molecule has 0 radical (unpaired) electrons. The lowest BCUT2D eigenvalue weighted by Gasteiger charge is -2.06. The van der Waals surface area contributed by atoms with Gasteiger partial charge >= 0.3 is 0 Å². The van der Waals surface area contributed by atoms with Crippen LogP contribution in [0, 0.1) is 6.92 Å². The Morgan fingerprint density at radius 3 is 2.69 bits per heavy atom. The van der Waals surface area contributed by atoms with Crippen molar-refractivity contribution in [2.75, 3.05) is 5.32 Å². The Bertz CT molecular complexity index is 1080. The second-order valence-electron chi connectivity index (χ2n) is 6.00. The number of thiazole rings is 1. The molecule has 4 aromatic rings. The van der Waals surface area contributed by atoms with Crippen LogP contribution in [0.15, 0.2) is 52.4 Å². The van der Waals surface area contributed by atoms with Gasteiger partial charge in [0.15, 0.2) is 5.58 Å². The van der Waals surface area contributed by atoms with Crippen molar-refractivity contribution in [2.24, 2.45) is 0 Å². The number of nitrogens with one attached hydrogen (secondary N) is 1. The first-order chi connectivity index (χ1) is 12.6. The summed E-state index contributed by atoms with van der Waals surface area (Å²) < 4.78 is 5.37. The van der Waals surface area contributed by atoms with Crippen LogP contribution in [0.4, 0.5) is 5.69 Å². The van der Waals surface area contributed by atoms with Crippen molar-refractivity contribution in [1.29, 1.82) is 0 Å². The molecule has 2 aromatic carbocycles. The highest BCUT2D eigenvalue weighted by Gasteiger charge is 2.15. The second kappa shape index (κ2) is 6.72. The van der Waals surface area contributed by atoms with Crippen LogP contribution >= 0.6 is 11.3 Å². The Hall–Kier alpha value is -2.99. The van der Waals surface area contributed by atoms with E-state index in [-0.39, 0.29) is 5.91 Å². The summed E-state index contributed by atoms with van der Waals surface area (Å²) in [6.45, 7) is 4.04. The molecule has 26 heavy (non-hydrogen) atoms. The summed E-state index contributed by atoms with van der Waals surface area (Å²) in [4.78, 5) is 17.1. The summed E-state index contributed by atoms with van der Waals surface area (Å²) in [7, 11) is 0. The Labute approximate surface area is 154 Å². The van der Waals surface area contributed by atoms with Crippen LogP contribution in [0.2, 0.25) is 0 Å². The van der Waals surface area contributed by atoms with Crippen molar-refractivity contribution < 1.29 is 9.32 Å². The average molecular weight is 363 g/mol. The molecular weight excluding hydrogens is 346 g/mol. The Morgan fingerprint density at radius 2 is 2.00 bits per heavy atom. The largest absolute Gasteiger partial charge is 0.356 e. The molecule has 5 nitrogen and oxygen atoms in total. The molecule has 0 unspecified atom stereocenters. The van der Waals surface area contributed by atoms with Gasteiger partial charge in [0.25, 0.3) is 5.91 Å². The van der Waals surface area contributed by atoms with E-state index < -0.39 is 0 Å². The topological polar surface area (TPSA) is 68.0 Å². The van der Waals surface area contributed by atoms with Gasteiger partial charge in [-0.3, -0.25) is 4.79 Å². The fourth-order valence-electron chi connectivity index (χ4n) is 2.76. The van der Waals surface area contributed by atoms with Gasteiger partial charge in [-0.2, -0.15) is 0 Å². The molecule has 0 aliphatic heterocycles. The highest BCUT2D eigenvalue weighted by atomic mass is 32.1. The molecule has 1 amide bonds. The summed E-state index contributed by atoms with van der Waals surface area (Å²) in [5.74, 6) is -0.169. The van der Waals surface area contributed by atoms with E-state index in [4.69, 9.17) is 4.52 Å². The predicted molar refractivity (Wildman–Crippen MR) is 104 cm³/mol. The maximum Gasteiger partial charge on any atom is 0.255 e. The molecule has 6 heteroatoms. The van der Waals surface area contributed by atoms with Crippen molar-refractivity contribution >= 4 is 33.9 Å². The Morgan fingerprint density at radius 1 is 1.19 bits per heavy atom. The van der Waals surface area contributed by atoms with E-state index in [1.807, 2.05) is 36.6 Å². The van der Waals surface area contributed by atoms with Crippen LogP contribution < -0.4 is 5.32 Å². The molecule has 0 fully saturated rings. The summed E-state index contributed by atoms with van der Waals surface area (Å²) in [5, 5.41) is 10.7. The molecule has 0 aliphatic rings. The lowest BCUT2D eigenvalue weighted by atomic mass is 10.1. The molecule has 0 atom stereocenters. The third-order valence-corrected chi connectivity index (χ3v) is 4.99. The predicted octanol–water partition coefficient (Wildman–Crippen LogP) is 5.07. The van der Waals surface area contributed by atoms with Crippen LogP contribution in [0.5, 0.6) is 0 Å². The number of hydrogen-bond donors (Lipinski definition) is 1. The zero-order valence-corrected chi connectivity index (χ0v) is 15.3. The van der Waals surface area contributed by atoms with E-state index >= 15 is 0 Å². The smallest absolute Gasteiger partial charge is 0.255 e. The minimum absolute atomic E-state index is 0.169. The first-order valence-corrected chi connectivity index (χ1v) is 9.24. The van der Waals surface area contributed by atoms with Gasteiger partial charge in [-0.1, -0.05) is 24.2 Å². The summed E-state index contributed by atoms with van der Waals surface area (Å²) in [6.07, 6.45) is 0.969. The molecule has 4 rings (SSSR count). The maximum atomic E-state index is 12.6. The Kier molecular flexibility index (Phi) is 4.26. The van der Waals surface area contributed by atoms with Gasteiger partial charge in [-0.15, -0.1) is 11.3 Å². The van der Waals surface area contributed by atoms with Crippen molar-refractivity contribution in [1.82, 2.24) is 10.1 Å². The number of carbonyl (C=O) groups is 1. The first kappa shape index (κ1) is 16.5. The number of fused-ring (bicyclic) bond motifs is 1. The van der Waals surface area contributed by atoms with Gasteiger partial charge < -0.3 is 9.84 Å². The van der Waals surface area contributed by atoms with Crippen LogP contribution in [-0.4, -0.2) is 16.0 Å². The van der Waals surface area contributed by atoms with Gasteiger partial charge in [-0.05, 0) is 49.2 Å². The SMILES string of the molecule is CCc1ccc(NC(=O)c2ccc3onc(-c4csc(C)n4)c3c2)cc1. The molecule has 1 N–H and O–H groups in total. The second-order valence-corrected chi connectivity index (χ2v) is 7.06. The zero-order valence-electron chi connectivity index (χ0n) is 14.4. The van der Waals surface area contributed by atoms with Crippen LogP contribution in [-0.2, 0) is 6.42 Å². The fourth-order valence-corrected chi connectivity index (χ4v) is 3.36. The van der Waals surface area contributed by atoms with Gasteiger partial charge in [-0.25, -0.2) is 4.98 Å². The van der Waals surface area contributed by atoms with Crippen LogP contribution in [0.25, 0.3) is 22.4 Å². The number of nitrogens with zero attached hydrogens (tertiary/aromatic N) is 2. The maximum absolute atomic E-state index is 12.6. The molecule has 2 heterocycles. The summed E-state index contributed by atoms with van der Waals surface area (Å²) in [6, 6.07) is 13.2. The van der Waals surface area contributed by atoms with E-state index in [0.29, 0.717) is 16.8 Å². The number of amides is 1. The average Bonchev–Trinajstić information content (AvgIpc) is 3.27. The number of hydrogen-bond acceptors (Lipinski definition) is 5. The highest BCUT2D eigenvalue weighted by molar-refractivity contribution is 7.09. The van der Waals surface area contributed by atoms with E-state index in [0.717, 1.165) is 28.2 Å². The van der Waals surface area contributed by atoms with Crippen molar-refractivity contribution in [2.45, 2.75) is 20.3 Å². The number of aryl methyl sites for hydroxylation is 2. The summed E-state index contributed by atoms with van der Waals surface area (Å²) in [5.41, 5.74) is 4.61. The number of anilines is 1. The van der Waals surface area contributed by atoms with Gasteiger partial charge in [0.2, 0.25) is 0 Å². The monoisotopic (exact) mass is 363 g/mol. The summed E-state index contributed by atoms with van der Waals surface area (Å²) >= 11 is 1.55. The van der Waals surface area contributed by atoms with Crippen molar-refractivity contribution in [3.63, 3.8) is 0 Å². The quantitative estimate of drug-likeness (QED) is 0.549. The molecule has 0 bridgehead atoms. The minimum Gasteiger partial charge on any atom is -0.356 e. The molecule has 130 valence electrons. The number of aromatic nitrogens is 2. The van der Waals surface area contributed by atoms with Gasteiger partial charge in [0.05, 0.1) is 10.4 Å². The van der Waals surface area contributed by atoms with E-state index in [1.54, 1.807) is 29.5 Å². The molecule has 0 saturated heterocycles. The third kappa shape index (κ3) is 3.11. The number of carbonyl (C=O) groups excluding carboxylic acids is 1. The number of rotatable bonds is 4. The van der Waals surface area contributed by atoms with Crippen molar-refractivity contribution in [3.8, 4) is 11.4 Å².